The Kier molecular flexibility index (Phi) is 2.26. The number of nitrogens with zero attached hydrogens (tertiary/aromatic N) is 1. The Morgan fingerprint density at radius 2 is 2.04 bits per heavy atom. The van der Waals surface area contributed by atoms with Crippen molar-refractivity contribution in [1.82, 2.24) is 4.90 Å². The van der Waals surface area contributed by atoms with E-state index in [1.54, 1.807) is 0 Å². The molecule has 0 amide bonds. The highest BCUT2D eigenvalue weighted by molar-refractivity contribution is 5.95. The van der Waals surface area contributed by atoms with E-state index >= 15 is 0 Å². The fourth-order valence-electron chi connectivity index (χ4n) is 10.4. The van der Waals surface area contributed by atoms with Gasteiger partial charge in [-0.1, -0.05) is 19.1 Å². The lowest BCUT2D eigenvalue weighted by molar-refractivity contribution is -0.187. The van der Waals surface area contributed by atoms with E-state index in [4.69, 9.17) is 4.74 Å². The number of carbonyl (C=O) groups is 3. The maximum Gasteiger partial charge on any atom is 0.302 e. The van der Waals surface area contributed by atoms with Gasteiger partial charge in [0.25, 0.3) is 0 Å². The molecule has 9 rings (SSSR count). The Labute approximate surface area is 158 Å². The maximum absolute atomic E-state index is 13.8. The summed E-state index contributed by atoms with van der Waals surface area (Å²) in [6, 6.07) is 0.726. The first-order chi connectivity index (χ1) is 12.7. The number of ketones is 2. The fourth-order valence-corrected chi connectivity index (χ4v) is 10.4. The highest BCUT2D eigenvalue weighted by atomic mass is 16.5. The second-order valence-electron chi connectivity index (χ2n) is 11.0. The van der Waals surface area contributed by atoms with Crippen LogP contribution in [0.1, 0.15) is 39.5 Å². The van der Waals surface area contributed by atoms with E-state index in [1.165, 1.54) is 6.92 Å². The monoisotopic (exact) mass is 367 g/mol. The molecule has 6 saturated carbocycles. The van der Waals surface area contributed by atoms with Gasteiger partial charge in [-0.15, -0.1) is 0 Å². The molecule has 9 fully saturated rings. The van der Waals surface area contributed by atoms with Crippen molar-refractivity contribution >= 4 is 17.5 Å². The van der Waals surface area contributed by atoms with Gasteiger partial charge in [-0.2, -0.15) is 0 Å². The predicted molar refractivity (Wildman–Crippen MR) is 94.4 cm³/mol. The minimum Gasteiger partial charge on any atom is -0.461 e. The second kappa shape index (κ2) is 3.96. The molecule has 5 nitrogen and oxygen atoms in total. The van der Waals surface area contributed by atoms with Crippen molar-refractivity contribution in [1.29, 1.82) is 0 Å². The molecule has 27 heavy (non-hydrogen) atoms. The molecule has 142 valence electrons. The van der Waals surface area contributed by atoms with Crippen molar-refractivity contribution < 1.29 is 19.1 Å². The zero-order valence-electron chi connectivity index (χ0n) is 15.9. The lowest BCUT2D eigenvalue weighted by Crippen LogP contribution is -2.66. The van der Waals surface area contributed by atoms with Gasteiger partial charge in [0.1, 0.15) is 17.7 Å². The molecule has 5 heteroatoms. The molecule has 0 aromatic carbocycles. The Bertz CT molecular complexity index is 895. The number of rotatable bonds is 1. The first kappa shape index (κ1) is 15.4. The lowest BCUT2D eigenvalue weighted by atomic mass is 9.40. The molecule has 3 heterocycles. The third-order valence-electron chi connectivity index (χ3n) is 9.97. The van der Waals surface area contributed by atoms with E-state index in [-0.39, 0.29) is 57.9 Å². The summed E-state index contributed by atoms with van der Waals surface area (Å²) in [5.41, 5.74) is 0.641. The summed E-state index contributed by atoms with van der Waals surface area (Å²) < 4.78 is 5.86. The molecule has 0 aromatic rings. The van der Waals surface area contributed by atoms with Gasteiger partial charge in [0.2, 0.25) is 0 Å². The van der Waals surface area contributed by atoms with Crippen molar-refractivity contribution in [2.24, 2.45) is 39.9 Å². The normalized spacial score (nSPS) is 63.3. The number of Topliss-reactive ketones (excluding diaryl/α,β-unsaturated/α-hetero) is 2. The van der Waals surface area contributed by atoms with Crippen LogP contribution in [-0.4, -0.2) is 47.2 Å². The zero-order valence-corrected chi connectivity index (χ0v) is 15.9. The van der Waals surface area contributed by atoms with Crippen LogP contribution >= 0.6 is 0 Å². The van der Waals surface area contributed by atoms with Crippen LogP contribution in [0.25, 0.3) is 0 Å². The SMILES string of the molecule is C=C1C[C@]23C[C@H]4[C@@H]5[C@@]6(C)CC(=O)C[C@]57C(C2C(OC(C)=O)[C@H]1C(=O)[C@H]37)N4C6. The summed E-state index contributed by atoms with van der Waals surface area (Å²) in [5.74, 6) is 0.527. The minimum absolute atomic E-state index is 0.0169. The van der Waals surface area contributed by atoms with E-state index in [1.807, 2.05) is 0 Å². The molecule has 6 aliphatic carbocycles. The first-order valence-electron chi connectivity index (χ1n) is 10.4. The standard InChI is InChI=1S/C22H25NO4/c1-9-4-21-7-12-17-20(3)5-11(25)6-22(17)18(21)15(26)13(9)16(27-10(2)24)14(21)19(22)23(12)8-20/h12-14,16-19H,1,4-8H2,2-3H3/t12-,13+,14?,16?,17+,18+,19?,20-,21-,22-/m0/s1. The van der Waals surface area contributed by atoms with E-state index in [9.17, 15) is 14.4 Å². The maximum atomic E-state index is 13.8. The number of hydrogen-bond donors (Lipinski definition) is 0. The molecule has 2 spiro atoms. The number of ether oxygens (including phenoxy) is 1. The molecule has 0 aromatic heterocycles. The van der Waals surface area contributed by atoms with Crippen LogP contribution in [-0.2, 0) is 19.1 Å². The van der Waals surface area contributed by atoms with Gasteiger partial charge in [0, 0.05) is 55.6 Å². The quantitative estimate of drug-likeness (QED) is 0.522. The predicted octanol–water partition coefficient (Wildman–Crippen LogP) is 1.75. The van der Waals surface area contributed by atoms with Gasteiger partial charge in [-0.3, -0.25) is 19.3 Å². The van der Waals surface area contributed by atoms with Crippen LogP contribution in [0.3, 0.4) is 0 Å². The second-order valence-corrected chi connectivity index (χ2v) is 11.0. The number of fused-ring (bicyclic) bond motifs is 1. The first-order valence-corrected chi connectivity index (χ1v) is 10.4. The summed E-state index contributed by atoms with van der Waals surface area (Å²) in [5, 5.41) is 0. The van der Waals surface area contributed by atoms with E-state index < -0.39 is 0 Å². The Morgan fingerprint density at radius 1 is 1.26 bits per heavy atom. The molecule has 9 aliphatic rings. The van der Waals surface area contributed by atoms with Gasteiger partial charge in [-0.05, 0) is 29.6 Å². The summed E-state index contributed by atoms with van der Waals surface area (Å²) in [7, 11) is 0. The molecule has 9 bridgehead atoms. The van der Waals surface area contributed by atoms with Crippen LogP contribution in [0.2, 0.25) is 0 Å². The number of piperidine rings is 2. The molecule has 0 N–H and O–H groups in total. The Balaban J connectivity index is 1.51. The molecule has 0 radical (unpaired) electrons. The van der Waals surface area contributed by atoms with Crippen molar-refractivity contribution in [2.45, 2.75) is 57.7 Å². The number of esters is 1. The molecule has 11 atom stereocenters. The zero-order chi connectivity index (χ0) is 18.7. The Hall–Kier alpha value is -1.49. The summed E-state index contributed by atoms with van der Waals surface area (Å²) in [4.78, 5) is 41.3. The van der Waals surface area contributed by atoms with Crippen LogP contribution in [0.4, 0.5) is 0 Å². The van der Waals surface area contributed by atoms with Crippen molar-refractivity contribution in [3.05, 3.63) is 12.2 Å². The molecule has 3 saturated heterocycles. The molecule has 3 aliphatic heterocycles. The van der Waals surface area contributed by atoms with Gasteiger partial charge in [-0.25, -0.2) is 0 Å². The fraction of sp³-hybridized carbons (Fsp3) is 0.773. The topological polar surface area (TPSA) is 63.7 Å². The Morgan fingerprint density at radius 3 is 2.78 bits per heavy atom. The summed E-state index contributed by atoms with van der Waals surface area (Å²) in [6.45, 7) is 8.94. The van der Waals surface area contributed by atoms with Crippen molar-refractivity contribution in [3.63, 3.8) is 0 Å². The summed E-state index contributed by atoms with van der Waals surface area (Å²) in [6.07, 6.45) is 2.76. The lowest BCUT2D eigenvalue weighted by Gasteiger charge is -2.62. The van der Waals surface area contributed by atoms with Crippen LogP contribution < -0.4 is 0 Å². The van der Waals surface area contributed by atoms with Crippen LogP contribution in [0.15, 0.2) is 12.2 Å². The van der Waals surface area contributed by atoms with Gasteiger partial charge >= 0.3 is 5.97 Å². The molecule has 4 unspecified atom stereocenters. The van der Waals surface area contributed by atoms with Crippen molar-refractivity contribution in [2.75, 3.05) is 6.54 Å². The average molecular weight is 367 g/mol. The number of hydrogen-bond acceptors (Lipinski definition) is 5. The van der Waals surface area contributed by atoms with E-state index in [2.05, 4.69) is 18.4 Å². The van der Waals surface area contributed by atoms with E-state index in [0.29, 0.717) is 30.6 Å². The summed E-state index contributed by atoms with van der Waals surface area (Å²) >= 11 is 0. The van der Waals surface area contributed by atoms with Crippen LogP contribution in [0, 0.1) is 39.9 Å². The highest BCUT2D eigenvalue weighted by Crippen LogP contribution is 2.86. The van der Waals surface area contributed by atoms with Crippen molar-refractivity contribution in [3.8, 4) is 0 Å². The van der Waals surface area contributed by atoms with Gasteiger partial charge < -0.3 is 4.74 Å². The smallest absolute Gasteiger partial charge is 0.302 e. The third kappa shape index (κ3) is 1.25. The van der Waals surface area contributed by atoms with Gasteiger partial charge in [0.15, 0.2) is 0 Å². The largest absolute Gasteiger partial charge is 0.461 e. The van der Waals surface area contributed by atoms with Crippen LogP contribution in [0.5, 0.6) is 0 Å². The van der Waals surface area contributed by atoms with E-state index in [0.717, 1.165) is 25.0 Å². The van der Waals surface area contributed by atoms with Gasteiger partial charge in [0.05, 0.1) is 5.92 Å². The molecular formula is C22H25NO4. The highest BCUT2D eigenvalue weighted by Gasteiger charge is 2.91. The third-order valence-corrected chi connectivity index (χ3v) is 9.97. The number of carbonyl (C=O) groups excluding carboxylic acids is 3. The minimum atomic E-state index is -0.375. The average Bonchev–Trinajstić information content (AvgIpc) is 2.95. The molecular weight excluding hydrogens is 342 g/mol.